The zero-order valence-corrected chi connectivity index (χ0v) is 32.6. The maximum Gasteiger partial charge on any atom is 0.227 e. The van der Waals surface area contributed by atoms with Crippen molar-refractivity contribution in [2.24, 2.45) is 0 Å². The molecule has 9 aromatic carbocycles. The van der Waals surface area contributed by atoms with Gasteiger partial charge in [0.25, 0.3) is 0 Å². The van der Waals surface area contributed by atoms with Gasteiger partial charge in [0.05, 0.1) is 5.69 Å². The number of furan rings is 1. The number of nitrogens with zero attached hydrogens (tertiary/aromatic N) is 3. The lowest BCUT2D eigenvalue weighted by Gasteiger charge is -2.32. The van der Waals surface area contributed by atoms with Crippen molar-refractivity contribution in [2.75, 3.05) is 9.80 Å². The number of hydrogen-bond acceptors (Lipinski definition) is 5. The summed E-state index contributed by atoms with van der Waals surface area (Å²) >= 11 is 0. The Balaban J connectivity index is 1.05. The largest absolute Gasteiger partial charge is 0.456 e. The first kappa shape index (κ1) is 33.5. The van der Waals surface area contributed by atoms with E-state index >= 15 is 0 Å². The van der Waals surface area contributed by atoms with Crippen molar-refractivity contribution in [3.8, 4) is 22.6 Å². The van der Waals surface area contributed by atoms with Gasteiger partial charge in [-0.1, -0.05) is 117 Å². The Labute approximate surface area is 341 Å². The summed E-state index contributed by atoms with van der Waals surface area (Å²) in [6, 6.07) is 66.6. The van der Waals surface area contributed by atoms with Crippen molar-refractivity contribution in [1.82, 2.24) is 4.98 Å². The van der Waals surface area contributed by atoms with E-state index in [1.165, 1.54) is 22.3 Å². The van der Waals surface area contributed by atoms with Crippen LogP contribution >= 0.6 is 0 Å². The minimum atomic E-state index is -0.239. The minimum absolute atomic E-state index is 0.239. The number of benzene rings is 9. The summed E-state index contributed by atoms with van der Waals surface area (Å²) < 4.78 is 12.9. The summed E-state index contributed by atoms with van der Waals surface area (Å²) in [5.74, 6) is 0.588. The summed E-state index contributed by atoms with van der Waals surface area (Å²) in [6.07, 6.45) is 0. The second kappa shape index (κ2) is 12.7. The summed E-state index contributed by atoms with van der Waals surface area (Å²) in [5, 5.41) is 4.23. The Kier molecular flexibility index (Phi) is 7.20. The second-order valence-corrected chi connectivity index (χ2v) is 15.9. The molecule has 0 atom stereocenters. The van der Waals surface area contributed by atoms with E-state index in [1.807, 2.05) is 24.3 Å². The summed E-state index contributed by atoms with van der Waals surface area (Å²) in [4.78, 5) is 9.91. The van der Waals surface area contributed by atoms with Crippen molar-refractivity contribution < 1.29 is 8.83 Å². The molecule has 1 aliphatic carbocycles. The highest BCUT2D eigenvalue weighted by Crippen LogP contribution is 2.56. The van der Waals surface area contributed by atoms with E-state index in [9.17, 15) is 0 Å². The average Bonchev–Trinajstić information content (AvgIpc) is 3.97. The van der Waals surface area contributed by atoms with E-state index in [4.69, 9.17) is 13.8 Å². The van der Waals surface area contributed by atoms with Crippen LogP contribution in [0.1, 0.15) is 25.0 Å². The van der Waals surface area contributed by atoms with Crippen LogP contribution in [0.5, 0.6) is 0 Å². The fourth-order valence-electron chi connectivity index (χ4n) is 9.51. The molecule has 12 rings (SSSR count). The Hall–Kier alpha value is -7.63. The van der Waals surface area contributed by atoms with E-state index in [1.54, 1.807) is 0 Å². The molecule has 280 valence electrons. The Morgan fingerprint density at radius 2 is 1.02 bits per heavy atom. The van der Waals surface area contributed by atoms with Gasteiger partial charge >= 0.3 is 0 Å². The lowest BCUT2D eigenvalue weighted by Crippen LogP contribution is -2.18. The lowest BCUT2D eigenvalue weighted by atomic mass is 9.82. The fraction of sp³-hybridized carbons (Fsp3) is 0.0556. The zero-order chi connectivity index (χ0) is 39.2. The molecule has 0 amide bonds. The quantitative estimate of drug-likeness (QED) is 0.151. The van der Waals surface area contributed by atoms with Gasteiger partial charge in [-0.25, -0.2) is 4.98 Å². The molecular weight excluding hydrogens is 723 g/mol. The van der Waals surface area contributed by atoms with Crippen molar-refractivity contribution in [3.63, 3.8) is 0 Å². The van der Waals surface area contributed by atoms with Gasteiger partial charge in [-0.3, -0.25) is 0 Å². The number of rotatable bonds is 7. The average molecular weight is 760 g/mol. The van der Waals surface area contributed by atoms with E-state index in [0.717, 1.165) is 83.5 Å². The standard InChI is InChI=1S/C54H37N3O2/c1-54(2)43-25-13-12-22-40(43)48-44(54)32-39(33-45(48)57(36-18-8-4-9-19-36)37-20-10-5-11-21-37)56(35-16-6-3-7-17-35)38-30-28-34(29-31-38)53-55-51-41-23-14-26-46-49(41)50-42(52(51)59-53)24-15-27-47(50)58-46/h3-33H,1-2H3. The van der Waals surface area contributed by atoms with Crippen molar-refractivity contribution >= 4 is 77.9 Å². The number of oxazole rings is 1. The van der Waals surface area contributed by atoms with E-state index in [2.05, 4.69) is 187 Å². The molecule has 59 heavy (non-hydrogen) atoms. The first-order valence-corrected chi connectivity index (χ1v) is 20.1. The van der Waals surface area contributed by atoms with Crippen LogP contribution in [0.3, 0.4) is 0 Å². The normalized spacial score (nSPS) is 13.1. The van der Waals surface area contributed by atoms with Crippen LogP contribution in [0.25, 0.3) is 66.4 Å². The highest BCUT2D eigenvalue weighted by molar-refractivity contribution is 6.31. The third kappa shape index (κ3) is 5.01. The SMILES string of the molecule is CC1(C)c2ccccc2-c2c(N(c3ccccc3)c3ccccc3)cc(N(c3ccccc3)c3ccc(-c4nc5c6cccc7oc8cccc(c5o4)c8c76)cc3)cc21. The van der Waals surface area contributed by atoms with E-state index in [0.29, 0.717) is 5.89 Å². The molecule has 11 aromatic rings. The first-order valence-electron chi connectivity index (χ1n) is 20.1. The number of anilines is 6. The summed E-state index contributed by atoms with van der Waals surface area (Å²) in [5.41, 5.74) is 15.6. The fourth-order valence-corrected chi connectivity index (χ4v) is 9.51. The van der Waals surface area contributed by atoms with Crippen molar-refractivity contribution in [2.45, 2.75) is 19.3 Å². The molecule has 0 N–H and O–H groups in total. The second-order valence-electron chi connectivity index (χ2n) is 15.9. The Morgan fingerprint density at radius 3 is 1.68 bits per heavy atom. The molecular formula is C54H37N3O2. The van der Waals surface area contributed by atoms with Gasteiger partial charge < -0.3 is 18.6 Å². The van der Waals surface area contributed by atoms with Gasteiger partial charge in [0.2, 0.25) is 5.89 Å². The number of fused-ring (bicyclic) bond motifs is 6. The predicted molar refractivity (Wildman–Crippen MR) is 242 cm³/mol. The molecule has 5 heteroatoms. The molecule has 0 aliphatic heterocycles. The topological polar surface area (TPSA) is 45.7 Å². The molecule has 0 saturated carbocycles. The zero-order valence-electron chi connectivity index (χ0n) is 32.6. The van der Waals surface area contributed by atoms with Gasteiger partial charge in [-0.15, -0.1) is 0 Å². The third-order valence-electron chi connectivity index (χ3n) is 12.2. The van der Waals surface area contributed by atoms with Gasteiger partial charge in [0.1, 0.15) is 16.7 Å². The molecule has 0 radical (unpaired) electrons. The number of para-hydroxylation sites is 3. The Morgan fingerprint density at radius 1 is 0.458 bits per heavy atom. The monoisotopic (exact) mass is 759 g/mol. The lowest BCUT2D eigenvalue weighted by molar-refractivity contribution is 0.623. The maximum atomic E-state index is 6.67. The van der Waals surface area contributed by atoms with Crippen LogP contribution in [-0.2, 0) is 5.41 Å². The van der Waals surface area contributed by atoms with Crippen LogP contribution in [0.15, 0.2) is 197 Å². The molecule has 2 aromatic heterocycles. The third-order valence-corrected chi connectivity index (χ3v) is 12.2. The van der Waals surface area contributed by atoms with Crippen LogP contribution in [0.4, 0.5) is 34.1 Å². The molecule has 0 spiro atoms. The van der Waals surface area contributed by atoms with E-state index in [-0.39, 0.29) is 5.41 Å². The Bertz CT molecular complexity index is 3230. The van der Waals surface area contributed by atoms with Crippen LogP contribution in [-0.4, -0.2) is 4.98 Å². The van der Waals surface area contributed by atoms with Crippen molar-refractivity contribution in [3.05, 3.63) is 199 Å². The smallest absolute Gasteiger partial charge is 0.227 e. The molecule has 0 saturated heterocycles. The predicted octanol–water partition coefficient (Wildman–Crippen LogP) is 15.2. The highest BCUT2D eigenvalue weighted by Gasteiger charge is 2.39. The van der Waals surface area contributed by atoms with Crippen LogP contribution < -0.4 is 9.80 Å². The van der Waals surface area contributed by atoms with Gasteiger partial charge in [-0.2, -0.15) is 0 Å². The molecule has 0 bridgehead atoms. The maximum absolute atomic E-state index is 6.67. The van der Waals surface area contributed by atoms with Crippen molar-refractivity contribution in [1.29, 1.82) is 0 Å². The molecule has 2 heterocycles. The summed E-state index contributed by atoms with van der Waals surface area (Å²) in [6.45, 7) is 4.71. The highest BCUT2D eigenvalue weighted by atomic mass is 16.3. The molecule has 0 unspecified atom stereocenters. The number of hydrogen-bond donors (Lipinski definition) is 0. The molecule has 5 nitrogen and oxygen atoms in total. The van der Waals surface area contributed by atoms with Gasteiger partial charge in [0.15, 0.2) is 5.58 Å². The molecule has 0 fully saturated rings. The van der Waals surface area contributed by atoms with E-state index < -0.39 is 0 Å². The molecule has 1 aliphatic rings. The number of aromatic nitrogens is 1. The summed E-state index contributed by atoms with van der Waals surface area (Å²) in [7, 11) is 0. The van der Waals surface area contributed by atoms with Crippen LogP contribution in [0.2, 0.25) is 0 Å². The minimum Gasteiger partial charge on any atom is -0.456 e. The van der Waals surface area contributed by atoms with Gasteiger partial charge in [-0.05, 0) is 102 Å². The van der Waals surface area contributed by atoms with Gasteiger partial charge in [0, 0.05) is 66.5 Å². The first-order chi connectivity index (χ1) is 29.0. The van der Waals surface area contributed by atoms with Crippen LogP contribution in [0, 0.1) is 0 Å².